The standard InChI is InChI=1S/C49H44N4/c1-50-30-39-10-6-4-8-36(39)27-47(50)33-14-20-42(21-15-33)53(43-22-16-34(17-23-43)48-28-37-9-5-7-11-40(37)31-51(48)2)44-24-18-35(19-25-44)49-29-46-41(32-52(49)3)13-12-38-26-45(38)46/h4-25,27-29,38,45H,26,30-32H2,1-3H3. The first-order valence-corrected chi connectivity index (χ1v) is 18.9. The van der Waals surface area contributed by atoms with Crippen LogP contribution in [-0.4, -0.2) is 42.4 Å². The molecule has 5 aromatic rings. The molecule has 0 amide bonds. The lowest BCUT2D eigenvalue weighted by molar-refractivity contribution is 0.472. The van der Waals surface area contributed by atoms with Crippen molar-refractivity contribution in [3.05, 3.63) is 190 Å². The van der Waals surface area contributed by atoms with Gasteiger partial charge in [-0.25, -0.2) is 0 Å². The summed E-state index contributed by atoms with van der Waals surface area (Å²) in [5.41, 5.74) is 19.3. The second kappa shape index (κ2) is 12.6. The fourth-order valence-corrected chi connectivity index (χ4v) is 8.84. The van der Waals surface area contributed by atoms with Crippen molar-refractivity contribution >= 4 is 46.3 Å². The number of fused-ring (bicyclic) bond motifs is 4. The smallest absolute Gasteiger partial charge is 0.0462 e. The Morgan fingerprint density at radius 1 is 0.491 bits per heavy atom. The summed E-state index contributed by atoms with van der Waals surface area (Å²) >= 11 is 0. The Morgan fingerprint density at radius 2 is 0.925 bits per heavy atom. The molecule has 0 bridgehead atoms. The Bertz CT molecular complexity index is 2280. The van der Waals surface area contributed by atoms with E-state index in [9.17, 15) is 0 Å². The third kappa shape index (κ3) is 5.70. The predicted molar refractivity (Wildman–Crippen MR) is 221 cm³/mol. The maximum atomic E-state index is 2.46. The first kappa shape index (κ1) is 31.7. The molecule has 0 aromatic heterocycles. The normalized spacial score (nSPS) is 19.8. The van der Waals surface area contributed by atoms with Crippen LogP contribution >= 0.6 is 0 Å². The van der Waals surface area contributed by atoms with Gasteiger partial charge in [0.15, 0.2) is 0 Å². The molecule has 4 nitrogen and oxygen atoms in total. The average molecular weight is 689 g/mol. The molecule has 2 aliphatic carbocycles. The average Bonchev–Trinajstić information content (AvgIpc) is 3.99. The summed E-state index contributed by atoms with van der Waals surface area (Å²) in [5, 5.41) is 0. The lowest BCUT2D eigenvalue weighted by atomic mass is 9.91. The van der Waals surface area contributed by atoms with E-state index < -0.39 is 0 Å². The number of allylic oxidation sites excluding steroid dienone is 3. The zero-order chi connectivity index (χ0) is 35.6. The van der Waals surface area contributed by atoms with Crippen molar-refractivity contribution in [1.29, 1.82) is 0 Å². The van der Waals surface area contributed by atoms with Gasteiger partial charge in [-0.1, -0.05) is 97.1 Å². The number of benzene rings is 5. The van der Waals surface area contributed by atoms with Gasteiger partial charge in [0.1, 0.15) is 0 Å². The van der Waals surface area contributed by atoms with Crippen molar-refractivity contribution in [3.8, 4) is 0 Å². The zero-order valence-corrected chi connectivity index (χ0v) is 30.7. The number of hydrogen-bond acceptors (Lipinski definition) is 4. The van der Waals surface area contributed by atoms with Crippen LogP contribution in [0.1, 0.15) is 45.4 Å². The van der Waals surface area contributed by atoms with Crippen LogP contribution in [0.25, 0.3) is 29.2 Å². The highest BCUT2D eigenvalue weighted by atomic mass is 15.1. The van der Waals surface area contributed by atoms with Crippen LogP contribution < -0.4 is 4.90 Å². The topological polar surface area (TPSA) is 13.0 Å². The van der Waals surface area contributed by atoms with Crippen molar-refractivity contribution in [1.82, 2.24) is 14.7 Å². The van der Waals surface area contributed by atoms with Crippen molar-refractivity contribution in [2.45, 2.75) is 19.5 Å². The lowest BCUT2D eigenvalue weighted by Crippen LogP contribution is -2.24. The van der Waals surface area contributed by atoms with E-state index in [-0.39, 0.29) is 0 Å². The summed E-state index contributed by atoms with van der Waals surface area (Å²) in [6, 6.07) is 44.8. The van der Waals surface area contributed by atoms with Gasteiger partial charge in [-0.05, 0) is 123 Å². The largest absolute Gasteiger partial charge is 0.370 e. The summed E-state index contributed by atoms with van der Waals surface area (Å²) in [7, 11) is 6.60. The van der Waals surface area contributed by atoms with E-state index in [4.69, 9.17) is 0 Å². The van der Waals surface area contributed by atoms with Gasteiger partial charge < -0.3 is 19.6 Å². The van der Waals surface area contributed by atoms with Gasteiger partial charge in [-0.3, -0.25) is 0 Å². The van der Waals surface area contributed by atoms with E-state index in [2.05, 4.69) is 192 Å². The Labute approximate surface area is 313 Å². The second-order valence-electron chi connectivity index (χ2n) is 15.4. The summed E-state index contributed by atoms with van der Waals surface area (Å²) in [6.07, 6.45) is 13.2. The molecule has 0 N–H and O–H groups in total. The summed E-state index contributed by atoms with van der Waals surface area (Å²) < 4.78 is 0. The Balaban J connectivity index is 1.01. The number of nitrogens with zero attached hydrogens (tertiary/aromatic N) is 4. The molecule has 3 heterocycles. The Hall–Kier alpha value is -6.00. The fraction of sp³-hybridized carbons (Fsp3) is 0.184. The van der Waals surface area contributed by atoms with E-state index in [0.29, 0.717) is 0 Å². The molecule has 10 rings (SSSR count). The molecule has 2 unspecified atom stereocenters. The van der Waals surface area contributed by atoms with Gasteiger partial charge in [0.25, 0.3) is 0 Å². The van der Waals surface area contributed by atoms with Gasteiger partial charge in [0, 0.05) is 74.9 Å². The van der Waals surface area contributed by atoms with Crippen LogP contribution in [-0.2, 0) is 13.1 Å². The van der Waals surface area contributed by atoms with Gasteiger partial charge in [0.05, 0.1) is 0 Å². The van der Waals surface area contributed by atoms with E-state index in [1.165, 1.54) is 68.0 Å². The monoisotopic (exact) mass is 688 g/mol. The quantitative estimate of drug-likeness (QED) is 0.176. The summed E-state index contributed by atoms with van der Waals surface area (Å²) in [6.45, 7) is 2.80. The molecule has 5 aromatic carbocycles. The van der Waals surface area contributed by atoms with Crippen molar-refractivity contribution in [2.24, 2.45) is 11.8 Å². The number of anilines is 3. The van der Waals surface area contributed by atoms with Crippen LogP contribution in [0.2, 0.25) is 0 Å². The molecule has 1 fully saturated rings. The third-order valence-electron chi connectivity index (χ3n) is 11.9. The molecular weight excluding hydrogens is 645 g/mol. The first-order chi connectivity index (χ1) is 26.0. The van der Waals surface area contributed by atoms with Gasteiger partial charge in [-0.15, -0.1) is 0 Å². The Kier molecular flexibility index (Phi) is 7.54. The van der Waals surface area contributed by atoms with E-state index in [1.54, 1.807) is 5.57 Å². The summed E-state index contributed by atoms with van der Waals surface area (Å²) in [4.78, 5) is 9.50. The molecule has 0 saturated heterocycles. The molecule has 1 saturated carbocycles. The molecule has 4 heteroatoms. The highest BCUT2D eigenvalue weighted by molar-refractivity contribution is 5.87. The molecule has 260 valence electrons. The first-order valence-electron chi connectivity index (χ1n) is 18.9. The van der Waals surface area contributed by atoms with Crippen LogP contribution in [0.4, 0.5) is 17.1 Å². The number of likely N-dealkylation sites (N-methyl/N-ethyl adjacent to an activating group) is 1. The minimum atomic E-state index is 0.720. The van der Waals surface area contributed by atoms with Crippen LogP contribution in [0.5, 0.6) is 0 Å². The van der Waals surface area contributed by atoms with Crippen LogP contribution in [0.15, 0.2) is 151 Å². The number of hydrogen-bond donors (Lipinski definition) is 0. The number of rotatable bonds is 6. The fourth-order valence-electron chi connectivity index (χ4n) is 8.84. The molecule has 0 radical (unpaired) electrons. The highest BCUT2D eigenvalue weighted by Gasteiger charge is 2.41. The van der Waals surface area contributed by atoms with Crippen LogP contribution in [0.3, 0.4) is 0 Å². The maximum absolute atomic E-state index is 2.46. The lowest BCUT2D eigenvalue weighted by Gasteiger charge is -2.31. The van der Waals surface area contributed by atoms with Gasteiger partial charge in [-0.2, -0.15) is 0 Å². The second-order valence-corrected chi connectivity index (χ2v) is 15.4. The van der Waals surface area contributed by atoms with Gasteiger partial charge >= 0.3 is 0 Å². The van der Waals surface area contributed by atoms with E-state index in [1.807, 2.05) is 0 Å². The third-order valence-corrected chi connectivity index (χ3v) is 11.9. The highest BCUT2D eigenvalue weighted by Crippen LogP contribution is 2.51. The van der Waals surface area contributed by atoms with Crippen LogP contribution in [0, 0.1) is 11.8 Å². The molecule has 53 heavy (non-hydrogen) atoms. The minimum Gasteiger partial charge on any atom is -0.370 e. The van der Waals surface area contributed by atoms with E-state index in [0.717, 1.165) is 48.5 Å². The molecular formula is C49H44N4. The van der Waals surface area contributed by atoms with Crippen molar-refractivity contribution in [3.63, 3.8) is 0 Å². The maximum Gasteiger partial charge on any atom is 0.0462 e. The molecule has 5 aliphatic rings. The SMILES string of the molecule is CN1CC2=C(C=C1c1ccc(N(c3ccc(C4=Cc5ccccc5CN4C)cc3)c3ccc(C4=Cc5ccccc5CN4C)cc3)cc1)C1CC1C=C2. The van der Waals surface area contributed by atoms with Crippen molar-refractivity contribution in [2.75, 3.05) is 32.6 Å². The molecule has 0 spiro atoms. The van der Waals surface area contributed by atoms with E-state index >= 15 is 0 Å². The molecule has 2 atom stereocenters. The minimum absolute atomic E-state index is 0.720. The Morgan fingerprint density at radius 3 is 1.42 bits per heavy atom. The predicted octanol–water partition coefficient (Wildman–Crippen LogP) is 10.8. The van der Waals surface area contributed by atoms with Gasteiger partial charge in [0.2, 0.25) is 0 Å². The van der Waals surface area contributed by atoms with Crippen molar-refractivity contribution < 1.29 is 0 Å². The zero-order valence-electron chi connectivity index (χ0n) is 30.7. The molecule has 3 aliphatic heterocycles. The summed E-state index contributed by atoms with van der Waals surface area (Å²) in [5.74, 6) is 1.47.